The molecule has 1 amide bonds. The SMILES string of the molecule is CC(C)(C)c1ccc(C(=O)N2CCC(NS(C)(=O)=O)CC2)cc1. The summed E-state index contributed by atoms with van der Waals surface area (Å²) in [5, 5.41) is 0. The molecule has 128 valence electrons. The molecule has 1 heterocycles. The first kappa shape index (κ1) is 17.9. The first-order valence-corrected chi connectivity index (χ1v) is 9.82. The van der Waals surface area contributed by atoms with Gasteiger partial charge in [0.2, 0.25) is 10.0 Å². The van der Waals surface area contributed by atoms with E-state index >= 15 is 0 Å². The summed E-state index contributed by atoms with van der Waals surface area (Å²) in [6, 6.07) is 7.70. The molecule has 1 saturated heterocycles. The van der Waals surface area contributed by atoms with Gasteiger partial charge in [0.05, 0.1) is 6.26 Å². The molecule has 23 heavy (non-hydrogen) atoms. The van der Waals surface area contributed by atoms with Crippen molar-refractivity contribution in [2.24, 2.45) is 0 Å². The lowest BCUT2D eigenvalue weighted by Crippen LogP contribution is -2.46. The molecule has 0 saturated carbocycles. The fourth-order valence-corrected chi connectivity index (χ4v) is 3.64. The number of nitrogens with one attached hydrogen (secondary N) is 1. The van der Waals surface area contributed by atoms with Gasteiger partial charge in [0.1, 0.15) is 0 Å². The van der Waals surface area contributed by atoms with Crippen LogP contribution in [0.3, 0.4) is 0 Å². The molecule has 0 spiro atoms. The molecule has 0 aliphatic carbocycles. The quantitative estimate of drug-likeness (QED) is 0.918. The summed E-state index contributed by atoms with van der Waals surface area (Å²) >= 11 is 0. The van der Waals surface area contributed by atoms with Gasteiger partial charge in [-0.1, -0.05) is 32.9 Å². The zero-order valence-electron chi connectivity index (χ0n) is 14.3. The molecule has 6 heteroatoms. The molecule has 0 unspecified atom stereocenters. The predicted octanol–water partition coefficient (Wildman–Crippen LogP) is 2.14. The van der Waals surface area contributed by atoms with Gasteiger partial charge in [0.25, 0.3) is 5.91 Å². The van der Waals surface area contributed by atoms with Crippen LogP contribution in [0.1, 0.15) is 49.5 Å². The number of sulfonamides is 1. The van der Waals surface area contributed by atoms with Crippen molar-refractivity contribution in [3.8, 4) is 0 Å². The number of rotatable bonds is 3. The maximum absolute atomic E-state index is 12.5. The lowest BCUT2D eigenvalue weighted by molar-refractivity contribution is 0.0711. The number of hydrogen-bond acceptors (Lipinski definition) is 3. The molecule has 1 aliphatic rings. The Labute approximate surface area is 139 Å². The van der Waals surface area contributed by atoms with E-state index in [-0.39, 0.29) is 17.4 Å². The van der Waals surface area contributed by atoms with Crippen molar-refractivity contribution in [1.29, 1.82) is 0 Å². The van der Waals surface area contributed by atoms with Crippen LogP contribution in [0.15, 0.2) is 24.3 Å². The summed E-state index contributed by atoms with van der Waals surface area (Å²) in [5.74, 6) is 0.0169. The van der Waals surface area contributed by atoms with Crippen LogP contribution in [-0.2, 0) is 15.4 Å². The largest absolute Gasteiger partial charge is 0.339 e. The highest BCUT2D eigenvalue weighted by atomic mass is 32.2. The molecular formula is C17H26N2O3S. The van der Waals surface area contributed by atoms with Crippen molar-refractivity contribution in [2.45, 2.75) is 45.1 Å². The summed E-state index contributed by atoms with van der Waals surface area (Å²) in [6.45, 7) is 7.58. The average Bonchev–Trinajstić information content (AvgIpc) is 2.45. The standard InChI is InChI=1S/C17H26N2O3S/c1-17(2,3)14-7-5-13(6-8-14)16(20)19-11-9-15(10-12-19)18-23(4,21)22/h5-8,15,18H,9-12H2,1-4H3. The molecule has 2 rings (SSSR count). The third-order valence-corrected chi connectivity index (χ3v) is 4.92. The van der Waals surface area contributed by atoms with Crippen LogP contribution < -0.4 is 4.72 Å². The number of carbonyl (C=O) groups excluding carboxylic acids is 1. The lowest BCUT2D eigenvalue weighted by Gasteiger charge is -2.32. The van der Waals surface area contributed by atoms with Gasteiger partial charge in [0, 0.05) is 24.7 Å². The van der Waals surface area contributed by atoms with Crippen molar-refractivity contribution in [1.82, 2.24) is 9.62 Å². The molecule has 1 fully saturated rings. The number of amides is 1. The van der Waals surface area contributed by atoms with Crippen LogP contribution in [0.5, 0.6) is 0 Å². The maximum atomic E-state index is 12.5. The van der Waals surface area contributed by atoms with Crippen LogP contribution >= 0.6 is 0 Å². The molecule has 1 aromatic carbocycles. The van der Waals surface area contributed by atoms with Gasteiger partial charge in [-0.15, -0.1) is 0 Å². The Morgan fingerprint density at radius 3 is 2.09 bits per heavy atom. The molecule has 5 nitrogen and oxygen atoms in total. The number of piperidine rings is 1. The Kier molecular flexibility index (Phi) is 5.16. The predicted molar refractivity (Wildman–Crippen MR) is 92.0 cm³/mol. The minimum atomic E-state index is -3.19. The van der Waals surface area contributed by atoms with Gasteiger partial charge in [-0.2, -0.15) is 0 Å². The van der Waals surface area contributed by atoms with Gasteiger partial charge in [-0.3, -0.25) is 4.79 Å². The van der Waals surface area contributed by atoms with Crippen LogP contribution in [0.2, 0.25) is 0 Å². The third kappa shape index (κ3) is 5.04. The Bertz CT molecular complexity index is 652. The summed E-state index contributed by atoms with van der Waals surface area (Å²) < 4.78 is 25.1. The average molecular weight is 338 g/mol. The van der Waals surface area contributed by atoms with E-state index in [9.17, 15) is 13.2 Å². The molecule has 0 aromatic heterocycles. The van der Waals surface area contributed by atoms with E-state index in [1.165, 1.54) is 11.8 Å². The minimum Gasteiger partial charge on any atom is -0.339 e. The van der Waals surface area contributed by atoms with Gasteiger partial charge < -0.3 is 4.90 Å². The Morgan fingerprint density at radius 2 is 1.65 bits per heavy atom. The zero-order chi connectivity index (χ0) is 17.3. The van der Waals surface area contributed by atoms with Crippen LogP contribution in [-0.4, -0.2) is 44.6 Å². The second-order valence-electron chi connectivity index (χ2n) is 7.28. The van der Waals surface area contributed by atoms with Crippen LogP contribution in [0.4, 0.5) is 0 Å². The minimum absolute atomic E-state index is 0.0169. The fourth-order valence-electron chi connectivity index (χ4n) is 2.80. The molecule has 0 bridgehead atoms. The Hall–Kier alpha value is -1.40. The van der Waals surface area contributed by atoms with Gasteiger partial charge >= 0.3 is 0 Å². The Balaban J connectivity index is 1.97. The summed E-state index contributed by atoms with van der Waals surface area (Å²) in [5.41, 5.74) is 1.95. The molecule has 1 N–H and O–H groups in total. The van der Waals surface area contributed by atoms with E-state index in [1.807, 2.05) is 24.3 Å². The van der Waals surface area contributed by atoms with Crippen molar-refractivity contribution in [3.05, 3.63) is 35.4 Å². The maximum Gasteiger partial charge on any atom is 0.253 e. The molecule has 0 radical (unpaired) electrons. The van der Waals surface area contributed by atoms with E-state index in [0.717, 1.165) is 0 Å². The van der Waals surface area contributed by atoms with Gasteiger partial charge in [-0.25, -0.2) is 13.1 Å². The molecular weight excluding hydrogens is 312 g/mol. The monoisotopic (exact) mass is 338 g/mol. The van der Waals surface area contributed by atoms with E-state index in [4.69, 9.17) is 0 Å². The van der Waals surface area contributed by atoms with Gasteiger partial charge in [0.15, 0.2) is 0 Å². The number of nitrogens with zero attached hydrogens (tertiary/aromatic N) is 1. The smallest absolute Gasteiger partial charge is 0.253 e. The zero-order valence-corrected chi connectivity index (χ0v) is 15.1. The number of carbonyl (C=O) groups is 1. The number of benzene rings is 1. The highest BCUT2D eigenvalue weighted by molar-refractivity contribution is 7.88. The summed E-state index contributed by atoms with van der Waals surface area (Å²) in [4.78, 5) is 14.3. The van der Waals surface area contributed by atoms with Crippen molar-refractivity contribution in [2.75, 3.05) is 19.3 Å². The van der Waals surface area contributed by atoms with E-state index in [0.29, 0.717) is 31.5 Å². The van der Waals surface area contributed by atoms with E-state index in [1.54, 1.807) is 4.90 Å². The summed E-state index contributed by atoms with van der Waals surface area (Å²) in [7, 11) is -3.19. The fraction of sp³-hybridized carbons (Fsp3) is 0.588. The lowest BCUT2D eigenvalue weighted by atomic mass is 9.86. The van der Waals surface area contributed by atoms with Crippen LogP contribution in [0, 0.1) is 0 Å². The van der Waals surface area contributed by atoms with E-state index in [2.05, 4.69) is 25.5 Å². The van der Waals surface area contributed by atoms with Gasteiger partial charge in [-0.05, 0) is 36.0 Å². The number of hydrogen-bond donors (Lipinski definition) is 1. The first-order valence-electron chi connectivity index (χ1n) is 7.93. The second-order valence-corrected chi connectivity index (χ2v) is 9.06. The first-order chi connectivity index (χ1) is 10.6. The molecule has 0 atom stereocenters. The topological polar surface area (TPSA) is 66.5 Å². The molecule has 1 aliphatic heterocycles. The van der Waals surface area contributed by atoms with Crippen molar-refractivity contribution < 1.29 is 13.2 Å². The summed E-state index contributed by atoms with van der Waals surface area (Å²) in [6.07, 6.45) is 2.47. The van der Waals surface area contributed by atoms with Crippen molar-refractivity contribution in [3.63, 3.8) is 0 Å². The molecule has 1 aromatic rings. The van der Waals surface area contributed by atoms with Crippen LogP contribution in [0.25, 0.3) is 0 Å². The van der Waals surface area contributed by atoms with E-state index < -0.39 is 10.0 Å². The van der Waals surface area contributed by atoms with Crippen molar-refractivity contribution >= 4 is 15.9 Å². The highest BCUT2D eigenvalue weighted by Crippen LogP contribution is 2.23. The second kappa shape index (κ2) is 6.61. The normalized spacial score (nSPS) is 17.3. The third-order valence-electron chi connectivity index (χ3n) is 4.16. The highest BCUT2D eigenvalue weighted by Gasteiger charge is 2.25. The Morgan fingerprint density at radius 1 is 1.13 bits per heavy atom. The number of likely N-dealkylation sites (tertiary alicyclic amines) is 1.